The van der Waals surface area contributed by atoms with Gasteiger partial charge in [0.1, 0.15) is 22.9 Å². The molecule has 1 amide bonds. The van der Waals surface area contributed by atoms with Crippen molar-refractivity contribution in [2.45, 2.75) is 13.1 Å². The van der Waals surface area contributed by atoms with Crippen LogP contribution in [0.2, 0.25) is 0 Å². The van der Waals surface area contributed by atoms with Gasteiger partial charge in [0.25, 0.3) is 5.56 Å². The van der Waals surface area contributed by atoms with Crippen molar-refractivity contribution in [3.63, 3.8) is 0 Å². The lowest BCUT2D eigenvalue weighted by atomic mass is 10.2. The Labute approximate surface area is 175 Å². The van der Waals surface area contributed by atoms with Gasteiger partial charge in [-0.3, -0.25) is 14.2 Å². The molecule has 0 atom stereocenters. The highest BCUT2D eigenvalue weighted by molar-refractivity contribution is 9.10. The summed E-state index contributed by atoms with van der Waals surface area (Å²) in [5, 5.41) is 4.53. The Morgan fingerprint density at radius 3 is 2.41 bits per heavy atom. The summed E-state index contributed by atoms with van der Waals surface area (Å²) in [6, 6.07) is 19.2. The number of rotatable bonds is 5. The van der Waals surface area contributed by atoms with Crippen molar-refractivity contribution >= 4 is 38.6 Å². The summed E-state index contributed by atoms with van der Waals surface area (Å²) in [6.07, 6.45) is 1.39. The molecule has 0 aliphatic carbocycles. The minimum Gasteiger partial charge on any atom is -0.306 e. The van der Waals surface area contributed by atoms with Crippen LogP contribution in [0.1, 0.15) is 5.56 Å². The lowest BCUT2D eigenvalue weighted by Gasteiger charge is -2.23. The maximum Gasteiger partial charge on any atom is 0.266 e. The third-order valence-electron chi connectivity index (χ3n) is 4.63. The lowest BCUT2D eigenvalue weighted by Crippen LogP contribution is -2.36. The second-order valence-corrected chi connectivity index (χ2v) is 7.34. The van der Waals surface area contributed by atoms with Gasteiger partial charge in [-0.2, -0.15) is 5.10 Å². The molecule has 0 N–H and O–H groups in total. The maximum absolute atomic E-state index is 13.2. The number of benzene rings is 2. The van der Waals surface area contributed by atoms with E-state index in [4.69, 9.17) is 0 Å². The monoisotopic (exact) mass is 451 g/mol. The van der Waals surface area contributed by atoms with Crippen molar-refractivity contribution < 1.29 is 4.79 Å². The normalized spacial score (nSPS) is 11.0. The molecule has 0 spiro atoms. The number of hydrogen-bond donors (Lipinski definition) is 0. The van der Waals surface area contributed by atoms with E-state index in [0.717, 1.165) is 11.3 Å². The van der Waals surface area contributed by atoms with E-state index >= 15 is 0 Å². The summed E-state index contributed by atoms with van der Waals surface area (Å²) in [5.74, 6) is -0.205. The van der Waals surface area contributed by atoms with Gasteiger partial charge in [-0.05, 0) is 33.6 Å². The second-order valence-electron chi connectivity index (χ2n) is 6.59. The Balaban J connectivity index is 1.68. The Bertz CT molecular complexity index is 1220. The predicted octanol–water partition coefficient (Wildman–Crippen LogP) is 3.13. The first-order valence-electron chi connectivity index (χ1n) is 9.01. The fourth-order valence-corrected chi connectivity index (χ4v) is 3.76. The third-order valence-corrected chi connectivity index (χ3v) is 5.18. The Kier molecular flexibility index (Phi) is 5.26. The van der Waals surface area contributed by atoms with Crippen LogP contribution in [0.4, 0.5) is 5.69 Å². The molecule has 8 heteroatoms. The van der Waals surface area contributed by atoms with Gasteiger partial charge in [-0.1, -0.05) is 48.5 Å². The largest absolute Gasteiger partial charge is 0.306 e. The number of carbonyl (C=O) groups excluding carboxylic acids is 1. The first-order chi connectivity index (χ1) is 14.0. The molecule has 7 nitrogen and oxygen atoms in total. The minimum atomic E-state index is -0.309. The smallest absolute Gasteiger partial charge is 0.266 e. The zero-order valence-corrected chi connectivity index (χ0v) is 17.3. The van der Waals surface area contributed by atoms with E-state index in [2.05, 4.69) is 26.0 Å². The van der Waals surface area contributed by atoms with Crippen LogP contribution in [0.15, 0.2) is 76.4 Å². The molecule has 0 fully saturated rings. The molecule has 2 aromatic carbocycles. The fourth-order valence-electron chi connectivity index (χ4n) is 3.18. The number of fused-ring (bicyclic) bond motifs is 1. The average molecular weight is 452 g/mol. The first-order valence-corrected chi connectivity index (χ1v) is 9.81. The van der Waals surface area contributed by atoms with Gasteiger partial charge in [-0.25, -0.2) is 9.67 Å². The molecule has 0 unspecified atom stereocenters. The summed E-state index contributed by atoms with van der Waals surface area (Å²) in [7, 11) is 1.71. The summed E-state index contributed by atoms with van der Waals surface area (Å²) in [6.45, 7) is 0.287. The molecule has 29 heavy (non-hydrogen) atoms. The van der Waals surface area contributed by atoms with Crippen molar-refractivity contribution in [2.24, 2.45) is 7.05 Å². The zero-order valence-electron chi connectivity index (χ0n) is 15.7. The number of hydrogen-bond acceptors (Lipinski definition) is 4. The van der Waals surface area contributed by atoms with Crippen molar-refractivity contribution in [3.05, 3.63) is 87.5 Å². The molecular formula is C21H18BrN5O2. The van der Waals surface area contributed by atoms with E-state index in [-0.39, 0.29) is 18.0 Å². The van der Waals surface area contributed by atoms with Gasteiger partial charge in [0.05, 0.1) is 6.54 Å². The molecule has 0 saturated heterocycles. The molecule has 146 valence electrons. The molecular weight excluding hydrogens is 434 g/mol. The number of para-hydroxylation sites is 1. The Morgan fingerprint density at radius 1 is 1.07 bits per heavy atom. The number of carbonyl (C=O) groups is 1. The van der Waals surface area contributed by atoms with Crippen molar-refractivity contribution in [2.75, 3.05) is 4.90 Å². The Morgan fingerprint density at radius 2 is 1.72 bits per heavy atom. The van der Waals surface area contributed by atoms with Crippen LogP contribution in [0.3, 0.4) is 0 Å². The molecule has 0 aliphatic rings. The highest BCUT2D eigenvalue weighted by Crippen LogP contribution is 2.19. The summed E-state index contributed by atoms with van der Waals surface area (Å²) in [4.78, 5) is 32.1. The molecule has 0 bridgehead atoms. The van der Waals surface area contributed by atoms with Crippen molar-refractivity contribution in [1.29, 1.82) is 0 Å². The number of halogens is 1. The molecule has 0 radical (unpaired) electrons. The third kappa shape index (κ3) is 3.84. The van der Waals surface area contributed by atoms with Crippen LogP contribution in [0.25, 0.3) is 11.0 Å². The van der Waals surface area contributed by atoms with Crippen LogP contribution in [-0.2, 0) is 24.9 Å². The van der Waals surface area contributed by atoms with Crippen LogP contribution < -0.4 is 10.5 Å². The van der Waals surface area contributed by atoms with Gasteiger partial charge >= 0.3 is 0 Å². The number of amides is 1. The standard InChI is InChI=1S/C21H18BrN5O2/c1-25-20-18(19(22)24-25)21(29)26(14-23-20)13-17(28)27(16-10-6-3-7-11-16)12-15-8-4-2-5-9-15/h2-11,14H,12-13H2,1H3. The molecule has 4 aromatic rings. The van der Waals surface area contributed by atoms with Gasteiger partial charge in [-0.15, -0.1) is 0 Å². The molecule has 0 saturated carbocycles. The SMILES string of the molecule is Cn1nc(Br)c2c(=O)n(CC(=O)N(Cc3ccccc3)c3ccccc3)cnc21. The van der Waals surface area contributed by atoms with E-state index in [9.17, 15) is 9.59 Å². The maximum atomic E-state index is 13.2. The van der Waals surface area contributed by atoms with E-state index in [0.29, 0.717) is 22.2 Å². The summed E-state index contributed by atoms with van der Waals surface area (Å²) >= 11 is 3.30. The Hall–Kier alpha value is -3.26. The topological polar surface area (TPSA) is 73.0 Å². The number of aryl methyl sites for hydroxylation is 1. The molecule has 0 aliphatic heterocycles. The van der Waals surface area contributed by atoms with E-state index in [1.165, 1.54) is 15.6 Å². The van der Waals surface area contributed by atoms with E-state index in [1.54, 1.807) is 11.9 Å². The van der Waals surface area contributed by atoms with Gasteiger partial charge in [0, 0.05) is 12.7 Å². The fraction of sp³-hybridized carbons (Fsp3) is 0.143. The minimum absolute atomic E-state index is 0.120. The predicted molar refractivity (Wildman–Crippen MR) is 115 cm³/mol. The van der Waals surface area contributed by atoms with E-state index in [1.807, 2.05) is 60.7 Å². The van der Waals surface area contributed by atoms with E-state index < -0.39 is 0 Å². The summed E-state index contributed by atoms with van der Waals surface area (Å²) in [5.41, 5.74) is 1.93. The first kappa shape index (κ1) is 19.1. The van der Waals surface area contributed by atoms with Crippen LogP contribution in [0.5, 0.6) is 0 Å². The number of nitrogens with zero attached hydrogens (tertiary/aromatic N) is 5. The number of anilines is 1. The van der Waals surface area contributed by atoms with Crippen LogP contribution >= 0.6 is 15.9 Å². The highest BCUT2D eigenvalue weighted by Gasteiger charge is 2.19. The van der Waals surface area contributed by atoms with Crippen molar-refractivity contribution in [3.8, 4) is 0 Å². The lowest BCUT2D eigenvalue weighted by molar-refractivity contribution is -0.119. The molecule has 4 rings (SSSR count). The zero-order chi connectivity index (χ0) is 20.4. The molecule has 2 heterocycles. The molecule has 2 aromatic heterocycles. The summed E-state index contributed by atoms with van der Waals surface area (Å²) < 4.78 is 3.26. The van der Waals surface area contributed by atoms with Gasteiger partial charge < -0.3 is 4.90 Å². The van der Waals surface area contributed by atoms with Crippen LogP contribution in [-0.4, -0.2) is 25.2 Å². The second kappa shape index (κ2) is 8.00. The number of aromatic nitrogens is 4. The van der Waals surface area contributed by atoms with Crippen molar-refractivity contribution in [1.82, 2.24) is 19.3 Å². The van der Waals surface area contributed by atoms with Gasteiger partial charge in [0.15, 0.2) is 5.65 Å². The quantitative estimate of drug-likeness (QED) is 0.467. The highest BCUT2D eigenvalue weighted by atomic mass is 79.9. The van der Waals surface area contributed by atoms with Crippen LogP contribution in [0, 0.1) is 0 Å². The van der Waals surface area contributed by atoms with Gasteiger partial charge in [0.2, 0.25) is 5.91 Å². The average Bonchev–Trinajstić information content (AvgIpc) is 3.03.